The highest BCUT2D eigenvalue weighted by Crippen LogP contribution is 2.37. The van der Waals surface area contributed by atoms with E-state index in [1.807, 2.05) is 6.07 Å². The molecule has 39 heavy (non-hydrogen) atoms. The zero-order chi connectivity index (χ0) is 28.0. The molecule has 3 aromatic rings. The van der Waals surface area contributed by atoms with Crippen molar-refractivity contribution in [3.05, 3.63) is 101 Å². The molecule has 11 heteroatoms. The highest BCUT2D eigenvalue weighted by atomic mass is 19.4. The summed E-state index contributed by atoms with van der Waals surface area (Å²) in [5, 5.41) is 4.36. The molecule has 1 aliphatic heterocycles. The zero-order valence-electron chi connectivity index (χ0n) is 20.8. The number of aromatic nitrogens is 1. The Morgan fingerprint density at radius 1 is 0.949 bits per heavy atom. The van der Waals surface area contributed by atoms with Crippen molar-refractivity contribution in [1.29, 1.82) is 0 Å². The molecule has 0 spiro atoms. The molecule has 0 unspecified atom stereocenters. The third-order valence-electron chi connectivity index (χ3n) is 6.49. The van der Waals surface area contributed by atoms with Crippen molar-refractivity contribution < 1.29 is 36.0 Å². The normalized spacial score (nSPS) is 17.0. The molecule has 4 rings (SSSR count). The van der Waals surface area contributed by atoms with Crippen LogP contribution in [0.2, 0.25) is 0 Å². The molecule has 2 atom stereocenters. The lowest BCUT2D eigenvalue weighted by Gasteiger charge is -2.34. The van der Waals surface area contributed by atoms with Crippen LogP contribution in [0.15, 0.2) is 72.9 Å². The molecular formula is C28H27F6N3O2. The molecule has 1 amide bonds. The summed E-state index contributed by atoms with van der Waals surface area (Å²) in [4.78, 5) is 23.9. The summed E-state index contributed by atoms with van der Waals surface area (Å²) < 4.78 is 80.2. The maximum Gasteiger partial charge on any atom is 0.416 e. The summed E-state index contributed by atoms with van der Waals surface area (Å²) >= 11 is 0. The number of rotatable bonds is 8. The Morgan fingerprint density at radius 2 is 1.62 bits per heavy atom. The Kier molecular flexibility index (Phi) is 8.91. The van der Waals surface area contributed by atoms with E-state index in [1.165, 1.54) is 6.20 Å². The third-order valence-corrected chi connectivity index (χ3v) is 6.49. The lowest BCUT2D eigenvalue weighted by Crippen LogP contribution is -2.46. The van der Waals surface area contributed by atoms with Crippen molar-refractivity contribution >= 4 is 5.91 Å². The number of pyridine rings is 1. The van der Waals surface area contributed by atoms with Gasteiger partial charge in [-0.05, 0) is 60.8 Å². The molecule has 1 N–H and O–H groups in total. The minimum absolute atomic E-state index is 0.0560. The zero-order valence-corrected chi connectivity index (χ0v) is 20.8. The Bertz CT molecular complexity index is 1200. The summed E-state index contributed by atoms with van der Waals surface area (Å²) in [6.45, 7) is -0.126. The number of carbonyl (C=O) groups is 1. The summed E-state index contributed by atoms with van der Waals surface area (Å²) in [5.74, 6) is -1.17. The summed E-state index contributed by atoms with van der Waals surface area (Å²) in [6, 6.07) is 15.1. The van der Waals surface area contributed by atoms with Gasteiger partial charge in [0.05, 0.1) is 29.3 Å². The Balaban J connectivity index is 1.67. The molecule has 208 valence electrons. The van der Waals surface area contributed by atoms with E-state index in [-0.39, 0.29) is 24.2 Å². The maximum atomic E-state index is 14.0. The van der Waals surface area contributed by atoms with Crippen LogP contribution >= 0.6 is 0 Å². The molecule has 1 fully saturated rings. The van der Waals surface area contributed by atoms with Crippen LogP contribution in [-0.2, 0) is 35.1 Å². The Labute approximate surface area is 221 Å². The standard InChI is InChI=1S/C28H27F6N3O2/c29-27(30,31)21-14-19(15-22(16-21)28(32,33)34)18-39-37(17-23-10-4-6-12-35-23)26(38)25(20-8-2-1-3-9-20)24-11-5-7-13-36-24/h1-4,6,8-10,12,14-16,24-25,36H,5,7,11,13,17-18H2/t24-,25-/m0/s1. The van der Waals surface area contributed by atoms with Crippen molar-refractivity contribution in [3.63, 3.8) is 0 Å². The molecular weight excluding hydrogens is 524 g/mol. The van der Waals surface area contributed by atoms with Crippen LogP contribution in [0.25, 0.3) is 0 Å². The summed E-state index contributed by atoms with van der Waals surface area (Å²) in [6.07, 6.45) is -5.91. The molecule has 5 nitrogen and oxygen atoms in total. The number of nitrogens with zero attached hydrogens (tertiary/aromatic N) is 2. The molecule has 1 aromatic heterocycles. The van der Waals surface area contributed by atoms with Crippen LogP contribution in [-0.4, -0.2) is 28.5 Å². The maximum absolute atomic E-state index is 14.0. The number of amides is 1. The van der Waals surface area contributed by atoms with E-state index >= 15 is 0 Å². The van der Waals surface area contributed by atoms with E-state index in [4.69, 9.17) is 4.84 Å². The van der Waals surface area contributed by atoms with Gasteiger partial charge in [-0.15, -0.1) is 0 Å². The van der Waals surface area contributed by atoms with Crippen LogP contribution in [0.1, 0.15) is 53.1 Å². The van der Waals surface area contributed by atoms with Gasteiger partial charge in [-0.3, -0.25) is 14.6 Å². The van der Waals surface area contributed by atoms with Gasteiger partial charge < -0.3 is 5.32 Å². The minimum Gasteiger partial charge on any atom is -0.313 e. The van der Waals surface area contributed by atoms with Gasteiger partial charge in [0.25, 0.3) is 5.91 Å². The van der Waals surface area contributed by atoms with Crippen molar-refractivity contribution in [2.45, 2.75) is 56.7 Å². The first-order chi connectivity index (χ1) is 18.5. The highest BCUT2D eigenvalue weighted by molar-refractivity contribution is 5.83. The largest absolute Gasteiger partial charge is 0.416 e. The average molecular weight is 552 g/mol. The smallest absolute Gasteiger partial charge is 0.313 e. The number of nitrogens with one attached hydrogen (secondary N) is 1. The topological polar surface area (TPSA) is 54.5 Å². The number of piperidine rings is 1. The fourth-order valence-corrected chi connectivity index (χ4v) is 4.61. The molecule has 2 heterocycles. The molecule has 0 saturated carbocycles. The minimum atomic E-state index is -5.00. The first kappa shape index (κ1) is 28.6. The van der Waals surface area contributed by atoms with Crippen molar-refractivity contribution in [1.82, 2.24) is 15.4 Å². The van der Waals surface area contributed by atoms with Gasteiger partial charge in [0.1, 0.15) is 6.61 Å². The summed E-state index contributed by atoms with van der Waals surface area (Å²) in [5.41, 5.74) is -2.12. The van der Waals surface area contributed by atoms with Crippen molar-refractivity contribution in [2.75, 3.05) is 6.54 Å². The second kappa shape index (κ2) is 12.2. The quantitative estimate of drug-likeness (QED) is 0.256. The lowest BCUT2D eigenvalue weighted by molar-refractivity contribution is -0.198. The first-order valence-corrected chi connectivity index (χ1v) is 12.4. The predicted octanol–water partition coefficient (Wildman–Crippen LogP) is 6.51. The number of carbonyl (C=O) groups excluding carboxylic acids is 1. The molecule has 1 aliphatic rings. The van der Waals surface area contributed by atoms with E-state index in [1.54, 1.807) is 42.5 Å². The van der Waals surface area contributed by atoms with Crippen LogP contribution < -0.4 is 5.32 Å². The number of hydroxylamine groups is 2. The highest BCUT2D eigenvalue weighted by Gasteiger charge is 2.38. The Hall–Kier alpha value is -3.44. The van der Waals surface area contributed by atoms with Gasteiger partial charge in [-0.2, -0.15) is 26.3 Å². The molecule has 2 aromatic carbocycles. The van der Waals surface area contributed by atoms with E-state index < -0.39 is 41.9 Å². The summed E-state index contributed by atoms with van der Waals surface area (Å²) in [7, 11) is 0. The molecule has 0 aliphatic carbocycles. The van der Waals surface area contributed by atoms with Crippen molar-refractivity contribution in [2.24, 2.45) is 0 Å². The SMILES string of the molecule is O=C([C@@H](c1ccccc1)[C@@H]1CCCCN1)N(Cc1ccccn1)OCc1cc(C(F)(F)F)cc(C(F)(F)F)c1. The van der Waals surface area contributed by atoms with E-state index in [0.717, 1.165) is 23.5 Å². The van der Waals surface area contributed by atoms with Gasteiger partial charge in [0.2, 0.25) is 0 Å². The number of hydrogen-bond donors (Lipinski definition) is 1. The van der Waals surface area contributed by atoms with Gasteiger partial charge in [-0.25, -0.2) is 5.06 Å². The van der Waals surface area contributed by atoms with Gasteiger partial charge in [0.15, 0.2) is 0 Å². The lowest BCUT2D eigenvalue weighted by atomic mass is 9.85. The number of halogens is 6. The second-order valence-electron chi connectivity index (χ2n) is 9.33. The number of alkyl halides is 6. The molecule has 0 bridgehead atoms. The average Bonchev–Trinajstić information content (AvgIpc) is 2.92. The fourth-order valence-electron chi connectivity index (χ4n) is 4.61. The molecule has 0 radical (unpaired) electrons. The van der Waals surface area contributed by atoms with Crippen LogP contribution in [0, 0.1) is 0 Å². The van der Waals surface area contributed by atoms with Crippen LogP contribution in [0.4, 0.5) is 26.3 Å². The fraction of sp³-hybridized carbons (Fsp3) is 0.357. The van der Waals surface area contributed by atoms with E-state index in [9.17, 15) is 31.1 Å². The first-order valence-electron chi connectivity index (χ1n) is 12.4. The monoisotopic (exact) mass is 551 g/mol. The van der Waals surface area contributed by atoms with Gasteiger partial charge in [0, 0.05) is 12.2 Å². The predicted molar refractivity (Wildman–Crippen MR) is 131 cm³/mol. The number of hydrogen-bond acceptors (Lipinski definition) is 4. The van der Waals surface area contributed by atoms with Crippen molar-refractivity contribution in [3.8, 4) is 0 Å². The second-order valence-corrected chi connectivity index (χ2v) is 9.33. The van der Waals surface area contributed by atoms with Gasteiger partial charge >= 0.3 is 12.4 Å². The van der Waals surface area contributed by atoms with Crippen LogP contribution in [0.5, 0.6) is 0 Å². The van der Waals surface area contributed by atoms with E-state index in [0.29, 0.717) is 30.8 Å². The van der Waals surface area contributed by atoms with Crippen LogP contribution in [0.3, 0.4) is 0 Å². The molecule has 1 saturated heterocycles. The third kappa shape index (κ3) is 7.57. The number of benzene rings is 2. The van der Waals surface area contributed by atoms with E-state index in [2.05, 4.69) is 10.3 Å². The van der Waals surface area contributed by atoms with Gasteiger partial charge in [-0.1, -0.05) is 42.8 Å². The Morgan fingerprint density at radius 3 is 2.18 bits per heavy atom.